The van der Waals surface area contributed by atoms with E-state index >= 15 is 0 Å². The van der Waals surface area contributed by atoms with Crippen molar-refractivity contribution in [2.24, 2.45) is 0 Å². The smallest absolute Gasteiger partial charge is 0.240 e. The molecule has 0 bridgehead atoms. The molecule has 2 aromatic carbocycles. The quantitative estimate of drug-likeness (QED) is 0.585. The number of hydrogen-bond donors (Lipinski definition) is 2. The highest BCUT2D eigenvalue weighted by Crippen LogP contribution is 2.24. The lowest BCUT2D eigenvalue weighted by atomic mass is 10.1. The summed E-state index contributed by atoms with van der Waals surface area (Å²) in [5, 5.41) is 5.08. The maximum absolute atomic E-state index is 12.6. The van der Waals surface area contributed by atoms with Crippen LogP contribution < -0.4 is 10.2 Å². The Morgan fingerprint density at radius 1 is 1.11 bits per heavy atom. The number of carbonyl (C=O) groups is 1. The zero-order chi connectivity index (χ0) is 20.1. The maximum atomic E-state index is 12.6. The van der Waals surface area contributed by atoms with E-state index in [9.17, 15) is 4.79 Å². The van der Waals surface area contributed by atoms with E-state index in [2.05, 4.69) is 62.7 Å². The Morgan fingerprint density at radius 3 is 2.46 bits per heavy atom. The summed E-state index contributed by atoms with van der Waals surface area (Å²) in [5.74, 6) is -0.0325. The first-order valence-electron chi connectivity index (χ1n) is 9.32. The molecule has 28 heavy (non-hydrogen) atoms. The molecule has 1 heterocycles. The molecule has 0 aliphatic heterocycles. The van der Waals surface area contributed by atoms with Gasteiger partial charge in [0.2, 0.25) is 5.91 Å². The van der Waals surface area contributed by atoms with Crippen LogP contribution in [0.5, 0.6) is 0 Å². The minimum Gasteiger partial charge on any atom is -0.350 e. The number of hydrogen-bond acceptors (Lipinski definition) is 3. The predicted octanol–water partition coefficient (Wildman–Crippen LogP) is 3.22. The third-order valence-corrected chi connectivity index (χ3v) is 5.84. The molecule has 0 atom stereocenters. The van der Waals surface area contributed by atoms with E-state index in [1.165, 1.54) is 27.4 Å². The van der Waals surface area contributed by atoms with Gasteiger partial charge in [0.25, 0.3) is 0 Å². The molecule has 6 heteroatoms. The van der Waals surface area contributed by atoms with E-state index in [1.807, 2.05) is 22.1 Å². The number of aryl methyl sites for hydroxylation is 1. The summed E-state index contributed by atoms with van der Waals surface area (Å²) in [4.78, 5) is 14.0. The Kier molecular flexibility index (Phi) is 6.78. The minimum atomic E-state index is -0.0325. The third-order valence-electron chi connectivity index (χ3n) is 4.57. The highest BCUT2D eigenvalue weighted by molar-refractivity contribution is 7.73. The van der Waals surface area contributed by atoms with Crippen molar-refractivity contribution in [3.8, 4) is 11.3 Å². The molecule has 3 aromatic rings. The number of quaternary nitrogens is 1. The van der Waals surface area contributed by atoms with Crippen LogP contribution in [0.3, 0.4) is 0 Å². The topological polar surface area (TPSA) is 38.5 Å². The molecule has 0 aliphatic carbocycles. The van der Waals surface area contributed by atoms with Crippen molar-refractivity contribution in [2.45, 2.75) is 26.6 Å². The highest BCUT2D eigenvalue weighted by atomic mass is 32.1. The van der Waals surface area contributed by atoms with E-state index < -0.39 is 0 Å². The standard InChI is InChI=1S/C22H25N3OS2/c1-16-8-10-17(11-9-16)20-15-28-22(27)25(20)14-21(26)23-12-18-6-4-5-7-19(18)13-24(2)3/h4-11,15H,12-14H2,1-3H3,(H,23,26)/p+1. The first kappa shape index (κ1) is 20.5. The van der Waals surface area contributed by atoms with E-state index in [0.29, 0.717) is 10.5 Å². The van der Waals surface area contributed by atoms with Crippen molar-refractivity contribution >= 4 is 29.5 Å². The van der Waals surface area contributed by atoms with Gasteiger partial charge in [0, 0.05) is 17.5 Å². The second-order valence-electron chi connectivity index (χ2n) is 7.27. The molecule has 0 unspecified atom stereocenters. The van der Waals surface area contributed by atoms with E-state index in [-0.39, 0.29) is 12.5 Å². The summed E-state index contributed by atoms with van der Waals surface area (Å²) >= 11 is 6.95. The molecule has 0 fully saturated rings. The fraction of sp³-hybridized carbons (Fsp3) is 0.273. The van der Waals surface area contributed by atoms with Crippen molar-refractivity contribution in [3.05, 3.63) is 74.6 Å². The normalized spacial score (nSPS) is 11.0. The van der Waals surface area contributed by atoms with Gasteiger partial charge in [-0.25, -0.2) is 0 Å². The summed E-state index contributed by atoms with van der Waals surface area (Å²) < 4.78 is 2.62. The van der Waals surface area contributed by atoms with Crippen molar-refractivity contribution in [1.82, 2.24) is 9.88 Å². The number of nitrogens with one attached hydrogen (secondary N) is 2. The number of amides is 1. The second-order valence-corrected chi connectivity index (χ2v) is 8.77. The first-order chi connectivity index (χ1) is 13.4. The number of rotatable bonds is 7. The molecule has 0 saturated heterocycles. The number of nitrogens with zero attached hydrogens (tertiary/aromatic N) is 1. The molecule has 0 aliphatic rings. The van der Waals surface area contributed by atoms with Crippen LogP contribution in [0.2, 0.25) is 0 Å². The Labute approximate surface area is 175 Å². The molecule has 0 saturated carbocycles. The van der Waals surface area contributed by atoms with Crippen LogP contribution in [0.1, 0.15) is 16.7 Å². The lowest BCUT2D eigenvalue weighted by molar-refractivity contribution is -0.872. The van der Waals surface area contributed by atoms with Gasteiger partial charge in [-0.05, 0) is 30.3 Å². The average Bonchev–Trinajstić information content (AvgIpc) is 3.02. The van der Waals surface area contributed by atoms with Gasteiger partial charge < -0.3 is 14.8 Å². The number of aromatic nitrogens is 1. The molecular formula is C22H26N3OS2+. The summed E-state index contributed by atoms with van der Waals surface area (Å²) in [6.45, 7) is 3.75. The third kappa shape index (κ3) is 5.16. The highest BCUT2D eigenvalue weighted by Gasteiger charge is 2.12. The summed E-state index contributed by atoms with van der Waals surface area (Å²) in [5.41, 5.74) is 5.69. The number of thiazole rings is 1. The van der Waals surface area contributed by atoms with Crippen molar-refractivity contribution in [3.63, 3.8) is 0 Å². The lowest BCUT2D eigenvalue weighted by Crippen LogP contribution is -3.04. The minimum absolute atomic E-state index is 0.0325. The zero-order valence-electron chi connectivity index (χ0n) is 16.5. The Hall–Kier alpha value is -2.28. The van der Waals surface area contributed by atoms with Crippen LogP contribution >= 0.6 is 23.6 Å². The summed E-state index contributed by atoms with van der Waals surface area (Å²) in [6, 6.07) is 16.5. The van der Waals surface area contributed by atoms with Gasteiger partial charge in [0.15, 0.2) is 3.95 Å². The van der Waals surface area contributed by atoms with Gasteiger partial charge in [0.1, 0.15) is 13.1 Å². The molecule has 0 radical (unpaired) electrons. The second kappa shape index (κ2) is 9.28. The fourth-order valence-electron chi connectivity index (χ4n) is 3.11. The monoisotopic (exact) mass is 412 g/mol. The van der Waals surface area contributed by atoms with Gasteiger partial charge in [-0.3, -0.25) is 4.79 Å². The Bertz CT molecular complexity index is 1000. The molecule has 1 aromatic heterocycles. The summed E-state index contributed by atoms with van der Waals surface area (Å²) in [6.07, 6.45) is 0. The zero-order valence-corrected chi connectivity index (χ0v) is 18.1. The average molecular weight is 413 g/mol. The largest absolute Gasteiger partial charge is 0.350 e. The molecule has 2 N–H and O–H groups in total. The Morgan fingerprint density at radius 2 is 1.79 bits per heavy atom. The van der Waals surface area contributed by atoms with Gasteiger partial charge in [-0.1, -0.05) is 54.1 Å². The molecule has 3 rings (SSSR count). The lowest BCUT2D eigenvalue weighted by Gasteiger charge is -2.14. The van der Waals surface area contributed by atoms with Crippen LogP contribution in [-0.2, 0) is 24.4 Å². The van der Waals surface area contributed by atoms with E-state index in [0.717, 1.165) is 23.4 Å². The van der Waals surface area contributed by atoms with Crippen LogP contribution in [0.25, 0.3) is 11.3 Å². The SMILES string of the molecule is Cc1ccc(-c2csc(=S)n2CC(=O)NCc2ccccc2C[NH+](C)C)cc1. The molecular weight excluding hydrogens is 386 g/mol. The van der Waals surface area contributed by atoms with Crippen LogP contribution in [0, 0.1) is 10.9 Å². The van der Waals surface area contributed by atoms with Gasteiger partial charge in [-0.15, -0.1) is 11.3 Å². The van der Waals surface area contributed by atoms with Crippen LogP contribution in [-0.4, -0.2) is 24.6 Å². The van der Waals surface area contributed by atoms with Crippen molar-refractivity contribution in [2.75, 3.05) is 14.1 Å². The molecule has 146 valence electrons. The fourth-order valence-corrected chi connectivity index (χ4v) is 4.18. The Balaban J connectivity index is 1.71. The molecule has 0 spiro atoms. The summed E-state index contributed by atoms with van der Waals surface area (Å²) in [7, 11) is 4.25. The number of carbonyl (C=O) groups excluding carboxylic acids is 1. The maximum Gasteiger partial charge on any atom is 0.240 e. The van der Waals surface area contributed by atoms with Crippen molar-refractivity contribution in [1.29, 1.82) is 0 Å². The van der Waals surface area contributed by atoms with Crippen LogP contribution in [0.4, 0.5) is 0 Å². The first-order valence-corrected chi connectivity index (χ1v) is 10.6. The van der Waals surface area contributed by atoms with Gasteiger partial charge in [-0.2, -0.15) is 0 Å². The van der Waals surface area contributed by atoms with Gasteiger partial charge >= 0.3 is 0 Å². The van der Waals surface area contributed by atoms with Crippen LogP contribution in [0.15, 0.2) is 53.9 Å². The van der Waals surface area contributed by atoms with Gasteiger partial charge in [0.05, 0.1) is 19.8 Å². The molecule has 4 nitrogen and oxygen atoms in total. The van der Waals surface area contributed by atoms with Crippen molar-refractivity contribution < 1.29 is 9.69 Å². The predicted molar refractivity (Wildman–Crippen MR) is 118 cm³/mol. The number of benzene rings is 2. The van der Waals surface area contributed by atoms with E-state index in [1.54, 1.807) is 0 Å². The molecule has 1 amide bonds. The van der Waals surface area contributed by atoms with E-state index in [4.69, 9.17) is 12.2 Å².